The van der Waals surface area contributed by atoms with Crippen molar-refractivity contribution in [2.24, 2.45) is 0 Å². The number of piperidine rings is 1. The van der Waals surface area contributed by atoms with Crippen LogP contribution in [0.4, 0.5) is 15.8 Å². The smallest absolute Gasteiger partial charge is 0.270 e. The third kappa shape index (κ3) is 6.39. The van der Waals surface area contributed by atoms with Crippen molar-refractivity contribution in [3.63, 3.8) is 0 Å². The first kappa shape index (κ1) is 34.1. The van der Waals surface area contributed by atoms with Crippen molar-refractivity contribution in [1.29, 1.82) is 0 Å². The van der Waals surface area contributed by atoms with Crippen LogP contribution in [0.1, 0.15) is 62.1 Å². The van der Waals surface area contributed by atoms with E-state index in [0.717, 1.165) is 65.0 Å². The van der Waals surface area contributed by atoms with Gasteiger partial charge in [0, 0.05) is 64.0 Å². The Morgan fingerprint density at radius 1 is 0.925 bits per heavy atom. The van der Waals surface area contributed by atoms with E-state index in [-0.39, 0.29) is 65.9 Å². The molecule has 5 amide bonds. The number of rotatable bonds is 8. The van der Waals surface area contributed by atoms with E-state index >= 15 is 4.39 Å². The van der Waals surface area contributed by atoms with Gasteiger partial charge in [-0.15, -0.1) is 0 Å². The molecule has 272 valence electrons. The zero-order valence-electron chi connectivity index (χ0n) is 28.9. The van der Waals surface area contributed by atoms with Crippen LogP contribution in [0, 0.1) is 5.82 Å². The summed E-state index contributed by atoms with van der Waals surface area (Å²) >= 11 is 0. The average Bonchev–Trinajstić information content (AvgIpc) is 3.37. The number of amides is 5. The molecule has 0 bridgehead atoms. The van der Waals surface area contributed by atoms with Crippen LogP contribution >= 0.6 is 0 Å². The number of imide groups is 2. The van der Waals surface area contributed by atoms with Crippen molar-refractivity contribution >= 4 is 51.9 Å². The van der Waals surface area contributed by atoms with Crippen LogP contribution in [0.5, 0.6) is 0 Å². The van der Waals surface area contributed by atoms with Crippen LogP contribution in [0.25, 0.3) is 11.0 Å². The van der Waals surface area contributed by atoms with Gasteiger partial charge < -0.3 is 20.1 Å². The number of hydrogen-bond donors (Lipinski definition) is 3. The number of H-pyrrole nitrogens is 1. The molecule has 3 aromatic heterocycles. The molecule has 4 aliphatic rings. The Labute approximate surface area is 302 Å². The van der Waals surface area contributed by atoms with E-state index in [2.05, 4.69) is 35.4 Å². The molecular weight excluding hydrogens is 685 g/mol. The summed E-state index contributed by atoms with van der Waals surface area (Å²) < 4.78 is 15.2. The average molecular weight is 722 g/mol. The van der Waals surface area contributed by atoms with Crippen LogP contribution in [0.3, 0.4) is 0 Å². The lowest BCUT2D eigenvalue weighted by Gasteiger charge is -2.41. The summed E-state index contributed by atoms with van der Waals surface area (Å²) in [6, 6.07) is 8.25. The topological polar surface area (TPSA) is 181 Å². The number of aromatic nitrogens is 3. The second-order valence-electron chi connectivity index (χ2n) is 13.8. The van der Waals surface area contributed by atoms with E-state index in [1.54, 1.807) is 17.2 Å². The van der Waals surface area contributed by atoms with Crippen molar-refractivity contribution in [2.45, 2.75) is 44.8 Å². The van der Waals surface area contributed by atoms with Gasteiger partial charge in [-0.2, -0.15) is 0 Å². The molecule has 0 unspecified atom stereocenters. The van der Waals surface area contributed by atoms with E-state index in [9.17, 15) is 28.8 Å². The van der Waals surface area contributed by atoms with Gasteiger partial charge in [-0.3, -0.25) is 48.9 Å². The normalized spacial score (nSPS) is 19.4. The first-order valence-corrected chi connectivity index (χ1v) is 17.6. The summed E-state index contributed by atoms with van der Waals surface area (Å²) in [5.74, 6) is -3.78. The number of aryl methyl sites for hydroxylation is 1. The summed E-state index contributed by atoms with van der Waals surface area (Å²) in [4.78, 5) is 94.2. The summed E-state index contributed by atoms with van der Waals surface area (Å²) in [5.41, 5.74) is 4.30. The molecule has 8 rings (SSSR count). The van der Waals surface area contributed by atoms with Gasteiger partial charge in [-0.1, -0.05) is 6.92 Å². The number of fused-ring (bicyclic) bond motifs is 2. The van der Waals surface area contributed by atoms with Gasteiger partial charge in [0.15, 0.2) is 0 Å². The first-order chi connectivity index (χ1) is 25.6. The molecule has 0 spiro atoms. The van der Waals surface area contributed by atoms with Crippen molar-refractivity contribution in [3.8, 4) is 0 Å². The first-order valence-electron chi connectivity index (χ1n) is 17.6. The largest absolute Gasteiger partial charge is 0.368 e. The molecule has 16 heteroatoms. The van der Waals surface area contributed by atoms with Crippen LogP contribution in [-0.4, -0.2) is 106 Å². The van der Waals surface area contributed by atoms with Crippen molar-refractivity contribution < 1.29 is 28.4 Å². The second-order valence-corrected chi connectivity index (χ2v) is 13.8. The minimum Gasteiger partial charge on any atom is -0.368 e. The minimum absolute atomic E-state index is 0.00504. The number of piperazine rings is 1. The van der Waals surface area contributed by atoms with E-state index in [4.69, 9.17) is 0 Å². The molecule has 3 fully saturated rings. The SMILES string of the molecule is CCc1cc2ncc(CN3CCN(c4ccc(C(=O)NC5CN(c6cc7c(cc6F)C(=O)N([C@@H]6CCC(=O)NC6=O)C7=O)C5)nc4)CC3)cc2[nH]c1=O. The predicted octanol–water partition coefficient (Wildman–Crippen LogP) is 1.36. The van der Waals surface area contributed by atoms with Gasteiger partial charge in [-0.25, -0.2) is 9.37 Å². The Bertz CT molecular complexity index is 2250. The van der Waals surface area contributed by atoms with Crippen LogP contribution in [-0.2, 0) is 22.6 Å². The molecule has 3 saturated heterocycles. The maximum atomic E-state index is 15.2. The standard InChI is InChI=1S/C37H36FN9O6/c1-2-21-12-28-29(42-33(21)49)11-20(15-39-28)17-44-7-9-45(10-8-44)23-3-4-27(40-16-23)34(50)41-22-18-46(19-22)31-14-25-24(13-26(31)38)36(52)47(37(25)53)30-5-6-32(48)43-35(30)51/h3-4,11-16,22,30H,2,5-10,17-19H2,1H3,(H,41,50)(H,42,49)(H,43,48,51)/t30-/m1/s1. The molecule has 4 aromatic rings. The molecule has 0 saturated carbocycles. The monoisotopic (exact) mass is 721 g/mol. The van der Waals surface area contributed by atoms with Crippen molar-refractivity contribution in [1.82, 2.24) is 35.4 Å². The fraction of sp³-hybridized carbons (Fsp3) is 0.351. The van der Waals surface area contributed by atoms with Crippen LogP contribution < -0.4 is 26.0 Å². The molecule has 0 radical (unpaired) electrons. The Kier molecular flexibility index (Phi) is 8.68. The van der Waals surface area contributed by atoms with Gasteiger partial charge >= 0.3 is 0 Å². The fourth-order valence-electron chi connectivity index (χ4n) is 7.39. The number of hydrogen-bond acceptors (Lipinski definition) is 11. The zero-order chi connectivity index (χ0) is 37.0. The molecule has 53 heavy (non-hydrogen) atoms. The number of nitrogens with zero attached hydrogens (tertiary/aromatic N) is 6. The number of carbonyl (C=O) groups is 5. The molecule has 1 atom stereocenters. The lowest BCUT2D eigenvalue weighted by atomic mass is 10.0. The van der Waals surface area contributed by atoms with Crippen molar-refractivity contribution in [2.75, 3.05) is 49.1 Å². The lowest BCUT2D eigenvalue weighted by molar-refractivity contribution is -0.136. The number of nitrogens with one attached hydrogen (secondary N) is 3. The molecule has 0 aliphatic carbocycles. The lowest BCUT2D eigenvalue weighted by Crippen LogP contribution is -2.59. The van der Waals surface area contributed by atoms with E-state index in [1.807, 2.05) is 31.3 Å². The Hall–Kier alpha value is -6.03. The second kappa shape index (κ2) is 13.5. The van der Waals surface area contributed by atoms with Gasteiger partial charge in [0.2, 0.25) is 11.8 Å². The predicted molar refractivity (Wildman–Crippen MR) is 190 cm³/mol. The molecule has 4 aliphatic heterocycles. The number of halogens is 1. The highest BCUT2D eigenvalue weighted by Gasteiger charge is 2.45. The molecule has 1 aromatic carbocycles. The maximum Gasteiger partial charge on any atom is 0.270 e. The Balaban J connectivity index is 0.827. The zero-order valence-corrected chi connectivity index (χ0v) is 28.9. The van der Waals surface area contributed by atoms with Gasteiger partial charge in [0.05, 0.1) is 45.8 Å². The number of anilines is 2. The third-order valence-electron chi connectivity index (χ3n) is 10.4. The Morgan fingerprint density at radius 2 is 1.68 bits per heavy atom. The van der Waals surface area contributed by atoms with Crippen molar-refractivity contribution in [3.05, 3.63) is 92.9 Å². The highest BCUT2D eigenvalue weighted by molar-refractivity contribution is 6.23. The number of aromatic amines is 1. The van der Waals surface area contributed by atoms with E-state index < -0.39 is 35.5 Å². The van der Waals surface area contributed by atoms with Gasteiger partial charge in [-0.05, 0) is 54.8 Å². The minimum atomic E-state index is -1.14. The molecule has 7 heterocycles. The Morgan fingerprint density at radius 3 is 2.38 bits per heavy atom. The summed E-state index contributed by atoms with van der Waals surface area (Å²) in [7, 11) is 0. The quantitative estimate of drug-likeness (QED) is 0.224. The highest BCUT2D eigenvalue weighted by Crippen LogP contribution is 2.34. The number of pyridine rings is 3. The third-order valence-corrected chi connectivity index (χ3v) is 10.4. The van der Waals surface area contributed by atoms with Crippen LogP contribution in [0.15, 0.2) is 53.6 Å². The number of carbonyl (C=O) groups excluding carboxylic acids is 5. The summed E-state index contributed by atoms with van der Waals surface area (Å²) in [5, 5.41) is 5.06. The maximum absolute atomic E-state index is 15.2. The molecule has 15 nitrogen and oxygen atoms in total. The van der Waals surface area contributed by atoms with E-state index in [1.165, 1.54) is 6.07 Å². The van der Waals surface area contributed by atoms with E-state index in [0.29, 0.717) is 13.0 Å². The number of benzene rings is 1. The molecular formula is C37H36FN9O6. The van der Waals surface area contributed by atoms with Crippen LogP contribution in [0.2, 0.25) is 0 Å². The summed E-state index contributed by atoms with van der Waals surface area (Å²) in [6.07, 6.45) is 4.19. The fourth-order valence-corrected chi connectivity index (χ4v) is 7.39. The van der Waals surface area contributed by atoms with Gasteiger partial charge in [0.25, 0.3) is 23.3 Å². The summed E-state index contributed by atoms with van der Waals surface area (Å²) in [6.45, 7) is 6.39. The van der Waals surface area contributed by atoms with Gasteiger partial charge in [0.1, 0.15) is 17.6 Å². The highest BCUT2D eigenvalue weighted by atomic mass is 19.1. The molecule has 3 N–H and O–H groups in total.